The van der Waals surface area contributed by atoms with E-state index in [2.05, 4.69) is 25.2 Å². The molecule has 3 saturated heterocycles. The summed E-state index contributed by atoms with van der Waals surface area (Å²) in [5.41, 5.74) is 7.82. The van der Waals surface area contributed by atoms with Crippen LogP contribution in [0.1, 0.15) is 31.9 Å². The molecule has 5 heterocycles. The van der Waals surface area contributed by atoms with Gasteiger partial charge in [-0.15, -0.1) is 0 Å². The Morgan fingerprint density at radius 3 is 3.04 bits per heavy atom. The molecule has 0 bridgehead atoms. The third-order valence-corrected chi connectivity index (χ3v) is 5.92. The van der Waals surface area contributed by atoms with Crippen LogP contribution in [-0.2, 0) is 4.74 Å². The van der Waals surface area contributed by atoms with Crippen molar-refractivity contribution in [1.82, 2.24) is 29.7 Å². The summed E-state index contributed by atoms with van der Waals surface area (Å²) in [5.74, 6) is 0.422. The van der Waals surface area contributed by atoms with Gasteiger partial charge in [0, 0.05) is 31.6 Å². The molecule has 25 heavy (non-hydrogen) atoms. The molecule has 0 radical (unpaired) electrons. The van der Waals surface area contributed by atoms with Crippen LogP contribution < -0.4 is 11.1 Å². The van der Waals surface area contributed by atoms with Gasteiger partial charge in [-0.1, -0.05) is 0 Å². The third-order valence-electron chi connectivity index (χ3n) is 5.92. The van der Waals surface area contributed by atoms with Gasteiger partial charge in [0.15, 0.2) is 11.5 Å². The smallest absolute Gasteiger partial charge is 0.167 e. The normalized spacial score (nSPS) is 29.3. The summed E-state index contributed by atoms with van der Waals surface area (Å²) in [7, 11) is 0. The predicted octanol–water partition coefficient (Wildman–Crippen LogP) is 0.771. The van der Waals surface area contributed by atoms with E-state index in [-0.39, 0.29) is 12.3 Å². The summed E-state index contributed by atoms with van der Waals surface area (Å²) < 4.78 is 8.30. The van der Waals surface area contributed by atoms with Crippen LogP contribution in [0.25, 0.3) is 11.2 Å². The van der Waals surface area contributed by atoms with E-state index in [1.165, 1.54) is 45.3 Å². The molecule has 1 spiro atoms. The Balaban J connectivity index is 1.21. The van der Waals surface area contributed by atoms with Crippen molar-refractivity contribution in [3.63, 3.8) is 0 Å². The van der Waals surface area contributed by atoms with Gasteiger partial charge in [-0.25, -0.2) is 15.0 Å². The van der Waals surface area contributed by atoms with Gasteiger partial charge in [-0.2, -0.15) is 0 Å². The van der Waals surface area contributed by atoms with Crippen LogP contribution in [0.5, 0.6) is 0 Å². The Kier molecular flexibility index (Phi) is 3.65. The molecule has 2 unspecified atom stereocenters. The first-order chi connectivity index (χ1) is 12.2. The van der Waals surface area contributed by atoms with Gasteiger partial charge in [0.2, 0.25) is 0 Å². The number of nitrogen functional groups attached to an aromatic ring is 1. The van der Waals surface area contributed by atoms with Crippen molar-refractivity contribution >= 4 is 17.0 Å². The van der Waals surface area contributed by atoms with Crippen LogP contribution in [0.3, 0.4) is 0 Å². The summed E-state index contributed by atoms with van der Waals surface area (Å²) in [6.07, 6.45) is 8.29. The number of hydrogen-bond acceptors (Lipinski definition) is 7. The summed E-state index contributed by atoms with van der Waals surface area (Å²) in [6.45, 7) is 5.81. The van der Waals surface area contributed by atoms with Crippen LogP contribution in [0.15, 0.2) is 12.7 Å². The average molecular weight is 343 g/mol. The van der Waals surface area contributed by atoms with Gasteiger partial charge < -0.3 is 15.8 Å². The lowest BCUT2D eigenvalue weighted by Crippen LogP contribution is -2.63. The SMILES string of the molecule is Nc1ncnc2c1ncn2C1CCC(CN2CC3(CCCNC3)C2)O1. The van der Waals surface area contributed by atoms with E-state index in [0.29, 0.717) is 16.7 Å². The number of nitrogens with one attached hydrogen (secondary N) is 1. The lowest BCUT2D eigenvalue weighted by molar-refractivity contribution is -0.0659. The molecule has 134 valence electrons. The quantitative estimate of drug-likeness (QED) is 0.850. The van der Waals surface area contributed by atoms with E-state index in [4.69, 9.17) is 10.5 Å². The molecule has 2 atom stereocenters. The van der Waals surface area contributed by atoms with E-state index >= 15 is 0 Å². The minimum absolute atomic E-state index is 0.00381. The zero-order chi connectivity index (χ0) is 16.9. The molecular weight excluding hydrogens is 318 g/mol. The van der Waals surface area contributed by atoms with Crippen LogP contribution in [0.4, 0.5) is 5.82 Å². The standard InChI is InChI=1S/C17H25N7O/c18-15-14-16(21-10-20-15)24(11-22-14)13-3-2-12(25-13)6-23-8-17(9-23)4-1-5-19-7-17/h10-13,19H,1-9H2,(H2,18,20,21). The fourth-order valence-corrected chi connectivity index (χ4v) is 4.73. The van der Waals surface area contributed by atoms with Crippen LogP contribution >= 0.6 is 0 Å². The highest BCUT2D eigenvalue weighted by molar-refractivity contribution is 5.81. The topological polar surface area (TPSA) is 94.1 Å². The first-order valence-corrected chi connectivity index (χ1v) is 9.24. The van der Waals surface area contributed by atoms with E-state index in [9.17, 15) is 0 Å². The molecule has 3 aliphatic rings. The molecule has 3 N–H and O–H groups in total. The zero-order valence-corrected chi connectivity index (χ0v) is 14.4. The van der Waals surface area contributed by atoms with Crippen molar-refractivity contribution in [2.24, 2.45) is 5.41 Å². The van der Waals surface area contributed by atoms with Gasteiger partial charge in [0.1, 0.15) is 18.1 Å². The van der Waals surface area contributed by atoms with E-state index in [0.717, 1.165) is 25.0 Å². The number of anilines is 1. The Labute approximate surface area is 146 Å². The number of nitrogens with zero attached hydrogens (tertiary/aromatic N) is 5. The monoisotopic (exact) mass is 343 g/mol. The summed E-state index contributed by atoms with van der Waals surface area (Å²) in [4.78, 5) is 15.2. The average Bonchev–Trinajstić information content (AvgIpc) is 3.22. The number of aromatic nitrogens is 4. The molecule has 8 nitrogen and oxygen atoms in total. The fourth-order valence-electron chi connectivity index (χ4n) is 4.73. The van der Waals surface area contributed by atoms with Crippen molar-refractivity contribution in [1.29, 1.82) is 0 Å². The fraction of sp³-hybridized carbons (Fsp3) is 0.706. The first kappa shape index (κ1) is 15.5. The molecule has 5 rings (SSSR count). The van der Waals surface area contributed by atoms with Gasteiger partial charge in [0.25, 0.3) is 0 Å². The summed E-state index contributed by atoms with van der Waals surface area (Å²) in [6, 6.07) is 0. The summed E-state index contributed by atoms with van der Waals surface area (Å²) >= 11 is 0. The van der Waals surface area contributed by atoms with Crippen LogP contribution in [0.2, 0.25) is 0 Å². The number of imidazole rings is 1. The highest BCUT2D eigenvalue weighted by atomic mass is 16.5. The van der Waals surface area contributed by atoms with E-state index in [1.807, 2.05) is 4.57 Å². The van der Waals surface area contributed by atoms with Gasteiger partial charge >= 0.3 is 0 Å². The van der Waals surface area contributed by atoms with Crippen LogP contribution in [-0.4, -0.2) is 63.2 Å². The molecule has 2 aromatic rings. The van der Waals surface area contributed by atoms with Crippen molar-refractivity contribution in [3.05, 3.63) is 12.7 Å². The number of likely N-dealkylation sites (tertiary alicyclic amines) is 1. The molecule has 3 aliphatic heterocycles. The second kappa shape index (κ2) is 5.89. The summed E-state index contributed by atoms with van der Waals surface area (Å²) in [5, 5.41) is 3.55. The Hall–Kier alpha value is -1.77. The predicted molar refractivity (Wildman–Crippen MR) is 93.9 cm³/mol. The largest absolute Gasteiger partial charge is 0.382 e. The number of piperidine rings is 1. The maximum absolute atomic E-state index is 6.30. The first-order valence-electron chi connectivity index (χ1n) is 9.24. The highest BCUT2D eigenvalue weighted by Crippen LogP contribution is 2.38. The van der Waals surface area contributed by atoms with Gasteiger partial charge in [-0.3, -0.25) is 9.47 Å². The number of nitrogens with two attached hydrogens (primary N) is 1. The maximum atomic E-state index is 6.30. The van der Waals surface area contributed by atoms with Crippen molar-refractivity contribution in [2.75, 3.05) is 38.5 Å². The molecule has 0 aliphatic carbocycles. The molecule has 0 amide bonds. The molecule has 8 heteroatoms. The minimum Gasteiger partial charge on any atom is -0.382 e. The molecule has 3 fully saturated rings. The number of fused-ring (bicyclic) bond motifs is 1. The minimum atomic E-state index is -0.00381. The second-order valence-corrected chi connectivity index (χ2v) is 7.82. The number of rotatable bonds is 3. The molecule has 0 saturated carbocycles. The Morgan fingerprint density at radius 2 is 2.20 bits per heavy atom. The number of hydrogen-bond donors (Lipinski definition) is 2. The van der Waals surface area contributed by atoms with Crippen molar-refractivity contribution in [3.8, 4) is 0 Å². The van der Waals surface area contributed by atoms with E-state index in [1.54, 1.807) is 6.33 Å². The second-order valence-electron chi connectivity index (χ2n) is 7.82. The lowest BCUT2D eigenvalue weighted by atomic mass is 9.74. The van der Waals surface area contributed by atoms with Gasteiger partial charge in [0.05, 0.1) is 12.4 Å². The van der Waals surface area contributed by atoms with Crippen molar-refractivity contribution < 1.29 is 4.74 Å². The highest BCUT2D eigenvalue weighted by Gasteiger charge is 2.44. The Bertz CT molecular complexity index is 761. The molecular formula is C17H25N7O. The third kappa shape index (κ3) is 2.68. The van der Waals surface area contributed by atoms with E-state index < -0.39 is 0 Å². The zero-order valence-electron chi connectivity index (χ0n) is 14.4. The molecule has 2 aromatic heterocycles. The van der Waals surface area contributed by atoms with Crippen LogP contribution in [0, 0.1) is 5.41 Å². The van der Waals surface area contributed by atoms with Crippen molar-refractivity contribution in [2.45, 2.75) is 38.0 Å². The number of ether oxygens (including phenoxy) is 1. The maximum Gasteiger partial charge on any atom is 0.167 e. The lowest BCUT2D eigenvalue weighted by Gasteiger charge is -2.53. The Morgan fingerprint density at radius 1 is 1.28 bits per heavy atom. The van der Waals surface area contributed by atoms with Gasteiger partial charge in [-0.05, 0) is 32.2 Å². The molecule has 0 aromatic carbocycles.